The normalized spacial score (nSPS) is 10.1. The van der Waals surface area contributed by atoms with Gasteiger partial charge in [-0.1, -0.05) is 23.8 Å². The van der Waals surface area contributed by atoms with Gasteiger partial charge in [-0.25, -0.2) is 0 Å². The first-order valence-corrected chi connectivity index (χ1v) is 6.33. The van der Waals surface area contributed by atoms with Crippen molar-refractivity contribution in [3.63, 3.8) is 0 Å². The number of hydrogen-bond donors (Lipinski definition) is 2. The SMILES string of the molecule is Cc1ccc(OCC(=O)Nc2ccc(C)c(O)c2)cc1. The Morgan fingerprint density at radius 2 is 1.85 bits per heavy atom. The first-order valence-electron chi connectivity index (χ1n) is 6.33. The summed E-state index contributed by atoms with van der Waals surface area (Å²) in [6.07, 6.45) is 0. The van der Waals surface area contributed by atoms with Crippen LogP contribution < -0.4 is 10.1 Å². The maximum Gasteiger partial charge on any atom is 0.262 e. The van der Waals surface area contributed by atoms with Crippen molar-refractivity contribution in [2.24, 2.45) is 0 Å². The lowest BCUT2D eigenvalue weighted by atomic mass is 10.2. The van der Waals surface area contributed by atoms with Crippen LogP contribution in [0.3, 0.4) is 0 Å². The van der Waals surface area contributed by atoms with E-state index in [2.05, 4.69) is 5.32 Å². The molecular formula is C16H17NO3. The molecule has 0 aliphatic carbocycles. The lowest BCUT2D eigenvalue weighted by Crippen LogP contribution is -2.20. The number of phenolic OH excluding ortho intramolecular Hbond substituents is 1. The van der Waals surface area contributed by atoms with E-state index in [0.717, 1.165) is 11.1 Å². The molecule has 0 bridgehead atoms. The summed E-state index contributed by atoms with van der Waals surface area (Å²) in [5.41, 5.74) is 2.45. The summed E-state index contributed by atoms with van der Waals surface area (Å²) in [6.45, 7) is 3.71. The minimum absolute atomic E-state index is 0.0717. The molecule has 4 nitrogen and oxygen atoms in total. The molecular weight excluding hydrogens is 254 g/mol. The molecule has 2 aromatic rings. The van der Waals surface area contributed by atoms with Gasteiger partial charge in [0.05, 0.1) is 0 Å². The van der Waals surface area contributed by atoms with Gasteiger partial charge in [0, 0.05) is 11.8 Å². The molecule has 1 amide bonds. The maximum absolute atomic E-state index is 11.7. The zero-order chi connectivity index (χ0) is 14.5. The number of phenols is 1. The Morgan fingerprint density at radius 3 is 2.50 bits per heavy atom. The molecule has 0 fully saturated rings. The van der Waals surface area contributed by atoms with Crippen LogP contribution in [0.2, 0.25) is 0 Å². The van der Waals surface area contributed by atoms with Crippen LogP contribution in [0.4, 0.5) is 5.69 Å². The van der Waals surface area contributed by atoms with Crippen LogP contribution in [0.5, 0.6) is 11.5 Å². The molecule has 0 heterocycles. The topological polar surface area (TPSA) is 58.6 Å². The number of carbonyl (C=O) groups excluding carboxylic acids is 1. The number of ether oxygens (including phenoxy) is 1. The summed E-state index contributed by atoms with van der Waals surface area (Å²) in [5, 5.41) is 12.2. The van der Waals surface area contributed by atoms with Crippen LogP contribution in [0, 0.1) is 13.8 Å². The highest BCUT2D eigenvalue weighted by atomic mass is 16.5. The van der Waals surface area contributed by atoms with Gasteiger partial charge in [-0.05, 0) is 37.6 Å². The molecule has 0 aliphatic rings. The number of carbonyl (C=O) groups is 1. The van der Waals surface area contributed by atoms with Crippen LogP contribution >= 0.6 is 0 Å². The van der Waals surface area contributed by atoms with Crippen molar-refractivity contribution < 1.29 is 14.6 Å². The number of hydrogen-bond acceptors (Lipinski definition) is 3. The fourth-order valence-electron chi connectivity index (χ4n) is 1.67. The Kier molecular flexibility index (Phi) is 4.25. The number of aryl methyl sites for hydroxylation is 2. The van der Waals surface area contributed by atoms with Crippen molar-refractivity contribution in [1.82, 2.24) is 0 Å². The van der Waals surface area contributed by atoms with Crippen LogP contribution in [-0.2, 0) is 4.79 Å². The molecule has 0 aromatic heterocycles. The summed E-state index contributed by atoms with van der Waals surface area (Å²) >= 11 is 0. The highest BCUT2D eigenvalue weighted by Crippen LogP contribution is 2.20. The van der Waals surface area contributed by atoms with Crippen molar-refractivity contribution >= 4 is 11.6 Å². The molecule has 2 N–H and O–H groups in total. The molecule has 0 unspecified atom stereocenters. The summed E-state index contributed by atoms with van der Waals surface area (Å²) in [7, 11) is 0. The molecule has 0 aliphatic heterocycles. The van der Waals surface area contributed by atoms with Gasteiger partial charge in [0.1, 0.15) is 11.5 Å². The highest BCUT2D eigenvalue weighted by Gasteiger charge is 2.05. The summed E-state index contributed by atoms with van der Waals surface area (Å²) in [5.74, 6) is 0.536. The summed E-state index contributed by atoms with van der Waals surface area (Å²) < 4.78 is 5.37. The van der Waals surface area contributed by atoms with Crippen LogP contribution in [-0.4, -0.2) is 17.6 Å². The molecule has 0 saturated heterocycles. The van der Waals surface area contributed by atoms with Gasteiger partial charge in [0.15, 0.2) is 6.61 Å². The van der Waals surface area contributed by atoms with E-state index >= 15 is 0 Å². The third kappa shape index (κ3) is 3.75. The van der Waals surface area contributed by atoms with E-state index in [9.17, 15) is 9.90 Å². The molecule has 0 saturated carbocycles. The Hall–Kier alpha value is -2.49. The first-order chi connectivity index (χ1) is 9.54. The molecule has 0 spiro atoms. The fraction of sp³-hybridized carbons (Fsp3) is 0.188. The number of benzene rings is 2. The van der Waals surface area contributed by atoms with E-state index in [1.165, 1.54) is 6.07 Å². The van der Waals surface area contributed by atoms with Crippen molar-refractivity contribution in [1.29, 1.82) is 0 Å². The van der Waals surface area contributed by atoms with E-state index in [0.29, 0.717) is 11.4 Å². The number of aromatic hydroxyl groups is 1. The molecule has 104 valence electrons. The quantitative estimate of drug-likeness (QED) is 0.898. The molecule has 20 heavy (non-hydrogen) atoms. The van der Waals surface area contributed by atoms with Crippen molar-refractivity contribution in [3.05, 3.63) is 53.6 Å². The van der Waals surface area contributed by atoms with Crippen molar-refractivity contribution in [2.45, 2.75) is 13.8 Å². The second kappa shape index (κ2) is 6.10. The lowest BCUT2D eigenvalue weighted by molar-refractivity contribution is -0.118. The predicted octanol–water partition coefficient (Wildman–Crippen LogP) is 3.03. The number of anilines is 1. The van der Waals surface area contributed by atoms with Gasteiger partial charge in [-0.2, -0.15) is 0 Å². The van der Waals surface area contributed by atoms with E-state index in [1.807, 2.05) is 31.2 Å². The molecule has 0 atom stereocenters. The average Bonchev–Trinajstić information content (AvgIpc) is 2.42. The molecule has 2 aromatic carbocycles. The van der Waals surface area contributed by atoms with Crippen LogP contribution in [0.25, 0.3) is 0 Å². The highest BCUT2D eigenvalue weighted by molar-refractivity contribution is 5.92. The van der Waals surface area contributed by atoms with Crippen LogP contribution in [0.1, 0.15) is 11.1 Å². The second-order valence-corrected chi connectivity index (χ2v) is 4.65. The zero-order valence-corrected chi connectivity index (χ0v) is 11.5. The van der Waals surface area contributed by atoms with E-state index in [1.54, 1.807) is 19.1 Å². The Balaban J connectivity index is 1.89. The third-order valence-electron chi connectivity index (χ3n) is 2.88. The first kappa shape index (κ1) is 13.9. The van der Waals surface area contributed by atoms with Crippen molar-refractivity contribution in [3.8, 4) is 11.5 Å². The van der Waals surface area contributed by atoms with Gasteiger partial charge < -0.3 is 15.2 Å². The average molecular weight is 271 g/mol. The number of nitrogens with one attached hydrogen (secondary N) is 1. The standard InChI is InChI=1S/C16H17NO3/c1-11-3-7-14(8-4-11)20-10-16(19)17-13-6-5-12(2)15(18)9-13/h3-9,18H,10H2,1-2H3,(H,17,19). The molecule has 4 heteroatoms. The number of amides is 1. The van der Waals surface area contributed by atoms with E-state index in [4.69, 9.17) is 4.74 Å². The minimum atomic E-state index is -0.270. The zero-order valence-electron chi connectivity index (χ0n) is 11.5. The number of rotatable bonds is 4. The van der Waals surface area contributed by atoms with E-state index in [-0.39, 0.29) is 18.3 Å². The lowest BCUT2D eigenvalue weighted by Gasteiger charge is -2.08. The molecule has 2 rings (SSSR count). The Bertz CT molecular complexity index is 606. The summed E-state index contributed by atoms with van der Waals surface area (Å²) in [6, 6.07) is 12.5. The Morgan fingerprint density at radius 1 is 1.15 bits per heavy atom. The van der Waals surface area contributed by atoms with Gasteiger partial charge in [0.25, 0.3) is 5.91 Å². The smallest absolute Gasteiger partial charge is 0.262 e. The minimum Gasteiger partial charge on any atom is -0.508 e. The van der Waals surface area contributed by atoms with E-state index < -0.39 is 0 Å². The van der Waals surface area contributed by atoms with Gasteiger partial charge in [0.2, 0.25) is 0 Å². The van der Waals surface area contributed by atoms with Gasteiger partial charge >= 0.3 is 0 Å². The van der Waals surface area contributed by atoms with Gasteiger partial charge in [-0.3, -0.25) is 4.79 Å². The Labute approximate surface area is 118 Å². The monoisotopic (exact) mass is 271 g/mol. The van der Waals surface area contributed by atoms with Gasteiger partial charge in [-0.15, -0.1) is 0 Å². The summed E-state index contributed by atoms with van der Waals surface area (Å²) in [4.78, 5) is 11.7. The second-order valence-electron chi connectivity index (χ2n) is 4.65. The van der Waals surface area contributed by atoms with Crippen LogP contribution in [0.15, 0.2) is 42.5 Å². The predicted molar refractivity (Wildman–Crippen MR) is 78.1 cm³/mol. The third-order valence-corrected chi connectivity index (χ3v) is 2.88. The fourth-order valence-corrected chi connectivity index (χ4v) is 1.67. The van der Waals surface area contributed by atoms with Crippen molar-refractivity contribution in [2.75, 3.05) is 11.9 Å². The largest absolute Gasteiger partial charge is 0.508 e. The maximum atomic E-state index is 11.7. The molecule has 0 radical (unpaired) electrons.